The van der Waals surface area contributed by atoms with Crippen molar-refractivity contribution >= 4 is 22.4 Å². The van der Waals surface area contributed by atoms with E-state index in [2.05, 4.69) is 11.6 Å². The predicted molar refractivity (Wildman–Crippen MR) is 96.9 cm³/mol. The van der Waals surface area contributed by atoms with Gasteiger partial charge in [-0.25, -0.2) is 0 Å². The van der Waals surface area contributed by atoms with E-state index in [4.69, 9.17) is 0 Å². The molecule has 0 spiro atoms. The third-order valence-electron chi connectivity index (χ3n) is 4.03. The third-order valence-corrected chi connectivity index (χ3v) is 4.03. The molecule has 0 unspecified atom stereocenters. The zero-order chi connectivity index (χ0) is 17.1. The highest BCUT2D eigenvalue weighted by Gasteiger charge is 2.27. The van der Waals surface area contributed by atoms with Gasteiger partial charge in [-0.3, -0.25) is 14.2 Å². The second kappa shape index (κ2) is 6.62. The molecule has 120 valence electrons. The van der Waals surface area contributed by atoms with Crippen LogP contribution in [0.25, 0.3) is 16.5 Å². The first kappa shape index (κ1) is 15.9. The number of nitrogens with zero attached hydrogens (tertiary/aromatic N) is 2. The van der Waals surface area contributed by atoms with Crippen molar-refractivity contribution in [1.82, 2.24) is 9.55 Å². The highest BCUT2D eigenvalue weighted by atomic mass is 16.2. The fraction of sp³-hybridized carbons (Fsp3) is 0.150. The lowest BCUT2D eigenvalue weighted by molar-refractivity contribution is 0.0951. The summed E-state index contributed by atoms with van der Waals surface area (Å²) in [6, 6.07) is 7.07. The van der Waals surface area contributed by atoms with Gasteiger partial charge in [-0.2, -0.15) is 4.98 Å². The molecule has 0 amide bonds. The lowest BCUT2D eigenvalue weighted by atomic mass is 9.98. The summed E-state index contributed by atoms with van der Waals surface area (Å²) >= 11 is 0. The van der Waals surface area contributed by atoms with Crippen molar-refractivity contribution in [3.63, 3.8) is 0 Å². The van der Waals surface area contributed by atoms with Crippen molar-refractivity contribution < 1.29 is 4.79 Å². The van der Waals surface area contributed by atoms with Gasteiger partial charge < -0.3 is 0 Å². The zero-order valence-electron chi connectivity index (χ0n) is 13.5. The molecule has 0 fully saturated rings. The minimum absolute atomic E-state index is 0.122. The highest BCUT2D eigenvalue weighted by molar-refractivity contribution is 6.06. The van der Waals surface area contributed by atoms with Crippen molar-refractivity contribution in [2.45, 2.75) is 19.8 Å². The average molecular weight is 318 g/mol. The SMILES string of the molecule is C=CC/C=C\C=C1/C/C(=C\C)C(=O)n2c1nc(=O)c1ccccc12. The van der Waals surface area contributed by atoms with Crippen LogP contribution in [-0.2, 0) is 0 Å². The summed E-state index contributed by atoms with van der Waals surface area (Å²) in [4.78, 5) is 29.3. The minimum atomic E-state index is -0.311. The maximum atomic E-state index is 12.8. The fourth-order valence-electron chi connectivity index (χ4n) is 2.81. The molecule has 0 aliphatic carbocycles. The van der Waals surface area contributed by atoms with Crippen LogP contribution in [0.15, 0.2) is 71.6 Å². The van der Waals surface area contributed by atoms with Gasteiger partial charge in [0.2, 0.25) is 0 Å². The molecule has 1 aromatic heterocycles. The number of allylic oxidation sites excluding steroid dienone is 7. The Morgan fingerprint density at radius 2 is 2.04 bits per heavy atom. The van der Waals surface area contributed by atoms with Crippen LogP contribution in [0.5, 0.6) is 0 Å². The number of hydrogen-bond donors (Lipinski definition) is 0. The highest BCUT2D eigenvalue weighted by Crippen LogP contribution is 2.30. The van der Waals surface area contributed by atoms with E-state index < -0.39 is 0 Å². The van der Waals surface area contributed by atoms with Crippen LogP contribution in [0.4, 0.5) is 0 Å². The summed E-state index contributed by atoms with van der Waals surface area (Å²) < 4.78 is 1.54. The van der Waals surface area contributed by atoms with Gasteiger partial charge in [-0.05, 0) is 25.5 Å². The number of hydrogen-bond acceptors (Lipinski definition) is 3. The molecule has 24 heavy (non-hydrogen) atoms. The second-order valence-corrected chi connectivity index (χ2v) is 5.53. The Morgan fingerprint density at radius 3 is 2.79 bits per heavy atom. The maximum Gasteiger partial charge on any atom is 0.281 e. The topological polar surface area (TPSA) is 52.0 Å². The first-order valence-electron chi connectivity index (χ1n) is 7.86. The van der Waals surface area contributed by atoms with E-state index in [1.165, 1.54) is 0 Å². The molecule has 4 heteroatoms. The normalized spacial score (nSPS) is 17.8. The number of para-hydroxylation sites is 1. The Hall–Kier alpha value is -3.01. The molecule has 1 aromatic carbocycles. The second-order valence-electron chi connectivity index (χ2n) is 5.53. The van der Waals surface area contributed by atoms with Crippen LogP contribution >= 0.6 is 0 Å². The van der Waals surface area contributed by atoms with E-state index in [9.17, 15) is 9.59 Å². The smallest absolute Gasteiger partial charge is 0.269 e. The van der Waals surface area contributed by atoms with E-state index in [0.717, 1.165) is 12.0 Å². The molecule has 0 N–H and O–H groups in total. The Bertz CT molecular complexity index is 975. The summed E-state index contributed by atoms with van der Waals surface area (Å²) in [5, 5.41) is 0.452. The van der Waals surface area contributed by atoms with Gasteiger partial charge in [-0.15, -0.1) is 6.58 Å². The van der Waals surface area contributed by atoms with Crippen molar-refractivity contribution in [2.24, 2.45) is 0 Å². The van der Waals surface area contributed by atoms with Crippen LogP contribution in [0.3, 0.4) is 0 Å². The number of aromatic nitrogens is 2. The molecule has 2 aromatic rings. The van der Waals surface area contributed by atoms with Gasteiger partial charge in [0, 0.05) is 17.6 Å². The molecule has 4 nitrogen and oxygen atoms in total. The first-order chi connectivity index (χ1) is 11.7. The largest absolute Gasteiger partial charge is 0.281 e. The molecule has 0 saturated heterocycles. The average Bonchev–Trinajstić information content (AvgIpc) is 2.60. The molecular formula is C20H18N2O2. The van der Waals surface area contributed by atoms with E-state index in [1.807, 2.05) is 37.3 Å². The van der Waals surface area contributed by atoms with E-state index in [1.54, 1.807) is 28.8 Å². The monoisotopic (exact) mass is 318 g/mol. The number of carbonyl (C=O) groups is 1. The predicted octanol–water partition coefficient (Wildman–Crippen LogP) is 3.90. The summed E-state index contributed by atoms with van der Waals surface area (Å²) in [6.45, 7) is 5.53. The van der Waals surface area contributed by atoms with Crippen molar-refractivity contribution in [3.8, 4) is 0 Å². The molecular weight excluding hydrogens is 300 g/mol. The van der Waals surface area contributed by atoms with Crippen LogP contribution in [0.2, 0.25) is 0 Å². The molecule has 2 heterocycles. The molecule has 0 radical (unpaired) electrons. The van der Waals surface area contributed by atoms with E-state index in [-0.39, 0.29) is 11.5 Å². The Balaban J connectivity index is 2.29. The van der Waals surface area contributed by atoms with Gasteiger partial charge in [0.15, 0.2) is 0 Å². The number of rotatable bonds is 3. The lowest BCUT2D eigenvalue weighted by Gasteiger charge is -2.23. The summed E-state index contributed by atoms with van der Waals surface area (Å²) in [5.41, 5.74) is 1.83. The van der Waals surface area contributed by atoms with Crippen molar-refractivity contribution in [1.29, 1.82) is 0 Å². The first-order valence-corrected chi connectivity index (χ1v) is 7.86. The fourth-order valence-corrected chi connectivity index (χ4v) is 2.81. The molecule has 0 atom stereocenters. The zero-order valence-corrected chi connectivity index (χ0v) is 13.5. The minimum Gasteiger partial charge on any atom is -0.269 e. The van der Waals surface area contributed by atoms with Crippen LogP contribution in [-0.4, -0.2) is 15.5 Å². The van der Waals surface area contributed by atoms with Crippen molar-refractivity contribution in [2.75, 3.05) is 0 Å². The summed E-state index contributed by atoms with van der Waals surface area (Å²) in [7, 11) is 0. The Morgan fingerprint density at radius 1 is 1.25 bits per heavy atom. The van der Waals surface area contributed by atoms with Crippen LogP contribution in [0.1, 0.15) is 30.4 Å². The number of fused-ring (bicyclic) bond motifs is 3. The molecule has 0 saturated carbocycles. The van der Waals surface area contributed by atoms with Crippen LogP contribution < -0.4 is 5.56 Å². The Kier molecular flexibility index (Phi) is 4.38. The van der Waals surface area contributed by atoms with E-state index >= 15 is 0 Å². The van der Waals surface area contributed by atoms with Gasteiger partial charge in [0.1, 0.15) is 5.82 Å². The van der Waals surface area contributed by atoms with Gasteiger partial charge >= 0.3 is 0 Å². The Labute approximate surface area is 140 Å². The van der Waals surface area contributed by atoms with E-state index in [0.29, 0.717) is 28.7 Å². The number of carbonyl (C=O) groups excluding carboxylic acids is 1. The molecule has 0 bridgehead atoms. The van der Waals surface area contributed by atoms with Crippen molar-refractivity contribution in [3.05, 3.63) is 83.0 Å². The standard InChI is InChI=1S/C20H18N2O2/c1-3-5-6-7-10-15-13-14(4-2)20(24)22-17-12-9-8-11-16(17)19(23)21-18(15)22/h3-4,6-12H,1,5,13H2,2H3/b7-6-,14-4+,15-10+. The van der Waals surface area contributed by atoms with Gasteiger partial charge in [0.05, 0.1) is 10.9 Å². The van der Waals surface area contributed by atoms with Gasteiger partial charge in [0.25, 0.3) is 11.5 Å². The summed E-state index contributed by atoms with van der Waals surface area (Å²) in [5.74, 6) is 0.306. The molecule has 1 aliphatic heterocycles. The van der Waals surface area contributed by atoms with Gasteiger partial charge in [-0.1, -0.05) is 42.5 Å². The molecule has 3 rings (SSSR count). The summed E-state index contributed by atoms with van der Waals surface area (Å²) in [6.07, 6.45) is 10.6. The lowest BCUT2D eigenvalue weighted by Crippen LogP contribution is -2.28. The maximum absolute atomic E-state index is 12.8. The van der Waals surface area contributed by atoms with Crippen LogP contribution in [0, 0.1) is 0 Å². The molecule has 1 aliphatic rings. The number of benzene rings is 1. The quantitative estimate of drug-likeness (QED) is 0.637. The third kappa shape index (κ3) is 2.67.